The van der Waals surface area contributed by atoms with Crippen LogP contribution in [-0.4, -0.2) is 35.1 Å². The molecular formula is C11H23NO2. The monoisotopic (exact) mass is 201 g/mol. The van der Waals surface area contributed by atoms with Gasteiger partial charge in [-0.25, -0.2) is 0 Å². The summed E-state index contributed by atoms with van der Waals surface area (Å²) in [5.74, 6) is -0.715. The van der Waals surface area contributed by atoms with Crippen LogP contribution in [0.4, 0.5) is 0 Å². The Labute approximate surface area is 87.1 Å². The summed E-state index contributed by atoms with van der Waals surface area (Å²) in [5.41, 5.74) is 0. The van der Waals surface area contributed by atoms with E-state index in [4.69, 9.17) is 5.11 Å². The average Bonchev–Trinajstić information content (AvgIpc) is 2.13. The van der Waals surface area contributed by atoms with Crippen molar-refractivity contribution in [2.24, 2.45) is 0 Å². The standard InChI is InChI=1S/C11H23NO2/c1-4-7-10(6-3)12(8-5-2)9-11(13)14/h10H,4-9H2,1-3H3,(H,13,14). The zero-order valence-corrected chi connectivity index (χ0v) is 9.62. The highest BCUT2D eigenvalue weighted by Crippen LogP contribution is 2.11. The van der Waals surface area contributed by atoms with Crippen molar-refractivity contribution in [1.82, 2.24) is 4.90 Å². The lowest BCUT2D eigenvalue weighted by Gasteiger charge is -2.29. The molecule has 84 valence electrons. The SMILES string of the molecule is CCCC(CC)N(CCC)CC(=O)O. The highest BCUT2D eigenvalue weighted by molar-refractivity contribution is 5.69. The number of carboxylic acids is 1. The molecule has 0 saturated carbocycles. The Kier molecular flexibility index (Phi) is 7.48. The normalized spacial score (nSPS) is 13.1. The number of rotatable bonds is 8. The lowest BCUT2D eigenvalue weighted by molar-refractivity contribution is -0.139. The Hall–Kier alpha value is -0.570. The fourth-order valence-electron chi connectivity index (χ4n) is 1.83. The van der Waals surface area contributed by atoms with Gasteiger partial charge in [0.2, 0.25) is 0 Å². The minimum atomic E-state index is -0.715. The van der Waals surface area contributed by atoms with Crippen LogP contribution in [0.5, 0.6) is 0 Å². The van der Waals surface area contributed by atoms with E-state index >= 15 is 0 Å². The minimum absolute atomic E-state index is 0.187. The maximum Gasteiger partial charge on any atom is 0.317 e. The van der Waals surface area contributed by atoms with Crippen LogP contribution in [0.25, 0.3) is 0 Å². The predicted octanol–water partition coefficient (Wildman–Crippen LogP) is 2.36. The molecule has 0 spiro atoms. The first-order valence-electron chi connectivity index (χ1n) is 5.61. The van der Waals surface area contributed by atoms with Crippen LogP contribution in [-0.2, 0) is 4.79 Å². The smallest absolute Gasteiger partial charge is 0.317 e. The van der Waals surface area contributed by atoms with Crippen LogP contribution in [0.15, 0.2) is 0 Å². The zero-order valence-electron chi connectivity index (χ0n) is 9.62. The third kappa shape index (κ3) is 5.22. The van der Waals surface area contributed by atoms with Crippen molar-refractivity contribution in [3.8, 4) is 0 Å². The Bertz CT molecular complexity index is 159. The molecule has 14 heavy (non-hydrogen) atoms. The largest absolute Gasteiger partial charge is 0.480 e. The molecule has 0 radical (unpaired) electrons. The fourth-order valence-corrected chi connectivity index (χ4v) is 1.83. The minimum Gasteiger partial charge on any atom is -0.480 e. The van der Waals surface area contributed by atoms with Gasteiger partial charge in [-0.3, -0.25) is 9.69 Å². The van der Waals surface area contributed by atoms with Gasteiger partial charge in [-0.15, -0.1) is 0 Å². The number of aliphatic carboxylic acids is 1. The summed E-state index contributed by atoms with van der Waals surface area (Å²) in [6, 6.07) is 0.441. The van der Waals surface area contributed by atoms with E-state index in [1.807, 2.05) is 0 Å². The summed E-state index contributed by atoms with van der Waals surface area (Å²) in [4.78, 5) is 12.8. The summed E-state index contributed by atoms with van der Waals surface area (Å²) >= 11 is 0. The van der Waals surface area contributed by atoms with Gasteiger partial charge in [0, 0.05) is 6.04 Å². The fraction of sp³-hybridized carbons (Fsp3) is 0.909. The number of nitrogens with zero attached hydrogens (tertiary/aromatic N) is 1. The maximum absolute atomic E-state index is 10.7. The molecule has 0 bridgehead atoms. The van der Waals surface area contributed by atoms with Gasteiger partial charge in [-0.2, -0.15) is 0 Å². The van der Waals surface area contributed by atoms with Gasteiger partial charge in [-0.1, -0.05) is 27.2 Å². The van der Waals surface area contributed by atoms with Crippen molar-refractivity contribution in [3.63, 3.8) is 0 Å². The summed E-state index contributed by atoms with van der Waals surface area (Å²) in [6.45, 7) is 7.45. The molecule has 0 fully saturated rings. The van der Waals surface area contributed by atoms with E-state index in [0.717, 1.165) is 32.2 Å². The second-order valence-corrected chi connectivity index (χ2v) is 3.71. The van der Waals surface area contributed by atoms with Gasteiger partial charge >= 0.3 is 5.97 Å². The van der Waals surface area contributed by atoms with E-state index in [1.165, 1.54) is 0 Å². The van der Waals surface area contributed by atoms with Gasteiger partial charge in [0.25, 0.3) is 0 Å². The average molecular weight is 201 g/mol. The summed E-state index contributed by atoms with van der Waals surface area (Å²) in [7, 11) is 0. The molecule has 0 aliphatic carbocycles. The highest BCUT2D eigenvalue weighted by atomic mass is 16.4. The molecule has 0 aliphatic rings. The molecule has 0 heterocycles. The van der Waals surface area contributed by atoms with Crippen LogP contribution in [0.2, 0.25) is 0 Å². The Morgan fingerprint density at radius 1 is 1.29 bits per heavy atom. The maximum atomic E-state index is 10.7. The van der Waals surface area contributed by atoms with Crippen molar-refractivity contribution >= 4 is 5.97 Å². The Morgan fingerprint density at radius 3 is 2.29 bits per heavy atom. The van der Waals surface area contributed by atoms with Crippen LogP contribution >= 0.6 is 0 Å². The lowest BCUT2D eigenvalue weighted by Crippen LogP contribution is -2.39. The Morgan fingerprint density at radius 2 is 1.93 bits per heavy atom. The van der Waals surface area contributed by atoms with Crippen LogP contribution in [0, 0.1) is 0 Å². The highest BCUT2D eigenvalue weighted by Gasteiger charge is 2.17. The third-order valence-electron chi connectivity index (χ3n) is 2.46. The molecule has 0 aromatic rings. The van der Waals surface area contributed by atoms with Crippen molar-refractivity contribution in [3.05, 3.63) is 0 Å². The molecule has 1 N–H and O–H groups in total. The number of carboxylic acid groups (broad SMARTS) is 1. The molecule has 0 aliphatic heterocycles. The van der Waals surface area contributed by atoms with E-state index < -0.39 is 5.97 Å². The quantitative estimate of drug-likeness (QED) is 0.655. The molecule has 0 saturated heterocycles. The lowest BCUT2D eigenvalue weighted by atomic mass is 10.1. The van der Waals surface area contributed by atoms with E-state index in [-0.39, 0.29) is 6.54 Å². The molecule has 1 unspecified atom stereocenters. The van der Waals surface area contributed by atoms with Gasteiger partial charge in [0.05, 0.1) is 6.54 Å². The van der Waals surface area contributed by atoms with Crippen LogP contribution in [0.1, 0.15) is 46.5 Å². The summed E-state index contributed by atoms with van der Waals surface area (Å²) < 4.78 is 0. The second kappa shape index (κ2) is 7.80. The number of hydrogen-bond acceptors (Lipinski definition) is 2. The topological polar surface area (TPSA) is 40.5 Å². The first-order valence-corrected chi connectivity index (χ1v) is 5.61. The zero-order chi connectivity index (χ0) is 11.0. The van der Waals surface area contributed by atoms with E-state index in [9.17, 15) is 4.79 Å². The van der Waals surface area contributed by atoms with Crippen LogP contribution in [0.3, 0.4) is 0 Å². The van der Waals surface area contributed by atoms with Gasteiger partial charge < -0.3 is 5.11 Å². The van der Waals surface area contributed by atoms with Gasteiger partial charge in [-0.05, 0) is 25.8 Å². The summed E-state index contributed by atoms with van der Waals surface area (Å²) in [5, 5.41) is 8.78. The van der Waals surface area contributed by atoms with Crippen molar-refractivity contribution in [1.29, 1.82) is 0 Å². The number of hydrogen-bond donors (Lipinski definition) is 1. The third-order valence-corrected chi connectivity index (χ3v) is 2.46. The second-order valence-electron chi connectivity index (χ2n) is 3.71. The molecule has 0 amide bonds. The predicted molar refractivity (Wildman–Crippen MR) is 58.5 cm³/mol. The van der Waals surface area contributed by atoms with Crippen molar-refractivity contribution in [2.75, 3.05) is 13.1 Å². The molecule has 0 rings (SSSR count). The Balaban J connectivity index is 4.18. The molecule has 0 aromatic heterocycles. The van der Waals surface area contributed by atoms with Crippen LogP contribution < -0.4 is 0 Å². The van der Waals surface area contributed by atoms with Gasteiger partial charge in [0.1, 0.15) is 0 Å². The molecular weight excluding hydrogens is 178 g/mol. The number of carbonyl (C=O) groups is 1. The van der Waals surface area contributed by atoms with E-state index in [0.29, 0.717) is 6.04 Å². The first-order chi connectivity index (χ1) is 6.65. The van der Waals surface area contributed by atoms with E-state index in [1.54, 1.807) is 0 Å². The van der Waals surface area contributed by atoms with Gasteiger partial charge in [0.15, 0.2) is 0 Å². The van der Waals surface area contributed by atoms with Crippen molar-refractivity contribution < 1.29 is 9.90 Å². The van der Waals surface area contributed by atoms with E-state index in [2.05, 4.69) is 25.7 Å². The first kappa shape index (κ1) is 13.4. The molecule has 1 atom stereocenters. The molecule has 3 heteroatoms. The molecule has 0 aromatic carbocycles. The molecule has 3 nitrogen and oxygen atoms in total. The van der Waals surface area contributed by atoms with Crippen molar-refractivity contribution in [2.45, 2.75) is 52.5 Å². The summed E-state index contributed by atoms with van der Waals surface area (Å²) in [6.07, 6.45) is 4.29.